The molecule has 0 saturated carbocycles. The number of halogens is 1. The monoisotopic (exact) mass is 188 g/mol. The zero-order valence-electron chi connectivity index (χ0n) is 5.86. The van der Waals surface area contributed by atoms with Gasteiger partial charge in [-0.3, -0.25) is 0 Å². The molecular formula is C8H13Br. The van der Waals surface area contributed by atoms with Crippen LogP contribution in [0.4, 0.5) is 0 Å². The quantitative estimate of drug-likeness (QED) is 0.467. The van der Waals surface area contributed by atoms with Crippen molar-refractivity contribution in [1.82, 2.24) is 0 Å². The first-order valence-electron chi connectivity index (χ1n) is 3.41. The van der Waals surface area contributed by atoms with Gasteiger partial charge >= 0.3 is 0 Å². The van der Waals surface area contributed by atoms with Crippen molar-refractivity contribution in [2.75, 3.05) is 0 Å². The third kappa shape index (κ3) is 8.00. The number of unbranched alkanes of at least 4 members (excludes halogenated alkanes) is 3. The molecule has 0 amide bonds. The summed E-state index contributed by atoms with van der Waals surface area (Å²) in [6.07, 6.45) is 7.15. The number of allylic oxidation sites excluding steroid dienone is 1. The lowest BCUT2D eigenvalue weighted by atomic mass is 10.2. The first kappa shape index (κ1) is 9.00. The van der Waals surface area contributed by atoms with E-state index < -0.39 is 0 Å². The van der Waals surface area contributed by atoms with Gasteiger partial charge in [-0.15, -0.1) is 5.73 Å². The van der Waals surface area contributed by atoms with Gasteiger partial charge in [0, 0.05) is 4.99 Å². The van der Waals surface area contributed by atoms with E-state index in [2.05, 4.69) is 34.7 Å². The predicted molar refractivity (Wildman–Crippen MR) is 45.7 cm³/mol. The molecule has 0 aromatic heterocycles. The molecule has 52 valence electrons. The first-order valence-corrected chi connectivity index (χ1v) is 4.33. The van der Waals surface area contributed by atoms with Crippen LogP contribution >= 0.6 is 15.9 Å². The highest BCUT2D eigenvalue weighted by Crippen LogP contribution is 1.98. The zero-order chi connectivity index (χ0) is 6.95. The fourth-order valence-electron chi connectivity index (χ4n) is 0.624. The van der Waals surface area contributed by atoms with Gasteiger partial charge in [0.05, 0.1) is 0 Å². The molecule has 0 aromatic rings. The van der Waals surface area contributed by atoms with Crippen LogP contribution < -0.4 is 0 Å². The van der Waals surface area contributed by atoms with E-state index in [1.807, 2.05) is 0 Å². The van der Waals surface area contributed by atoms with Crippen molar-refractivity contribution in [2.45, 2.75) is 32.6 Å². The molecule has 0 N–H and O–H groups in total. The van der Waals surface area contributed by atoms with Crippen molar-refractivity contribution < 1.29 is 0 Å². The summed E-state index contributed by atoms with van der Waals surface area (Å²) in [4.78, 5) is 1.76. The lowest BCUT2D eigenvalue weighted by Crippen LogP contribution is -1.68. The maximum absolute atomic E-state index is 3.15. The van der Waals surface area contributed by atoms with Crippen molar-refractivity contribution >= 4 is 15.9 Å². The predicted octanol–water partition coefficient (Wildman–Crippen LogP) is 3.63. The SMILES string of the molecule is CCCCCC=C=CBr. The highest BCUT2D eigenvalue weighted by Gasteiger charge is 1.78. The minimum Gasteiger partial charge on any atom is -0.118 e. The summed E-state index contributed by atoms with van der Waals surface area (Å²) in [7, 11) is 0. The summed E-state index contributed by atoms with van der Waals surface area (Å²) in [5.74, 6) is 0. The van der Waals surface area contributed by atoms with Crippen LogP contribution in [0.5, 0.6) is 0 Å². The Balaban J connectivity index is 3.00. The second kappa shape index (κ2) is 8.00. The fraction of sp³-hybridized carbons (Fsp3) is 0.625. The van der Waals surface area contributed by atoms with Gasteiger partial charge in [0.1, 0.15) is 0 Å². The topological polar surface area (TPSA) is 0 Å². The molecule has 0 rings (SSSR count). The number of hydrogen-bond acceptors (Lipinski definition) is 0. The van der Waals surface area contributed by atoms with Crippen molar-refractivity contribution in [3.63, 3.8) is 0 Å². The molecule has 9 heavy (non-hydrogen) atoms. The average Bonchev–Trinajstić information content (AvgIpc) is 1.89. The average molecular weight is 189 g/mol. The lowest BCUT2D eigenvalue weighted by molar-refractivity contribution is 0.729. The number of rotatable bonds is 4. The largest absolute Gasteiger partial charge is 0.118 e. The standard InChI is InChI=1S/C8H13Br/c1-2-3-4-5-6-7-8-9/h6,8H,2-5H2,1H3. The maximum Gasteiger partial charge on any atom is 0.0228 e. The van der Waals surface area contributed by atoms with Crippen LogP contribution in [-0.4, -0.2) is 0 Å². The zero-order valence-corrected chi connectivity index (χ0v) is 7.45. The minimum atomic E-state index is 1.16. The van der Waals surface area contributed by atoms with E-state index in [0.717, 1.165) is 6.42 Å². The van der Waals surface area contributed by atoms with Crippen molar-refractivity contribution in [2.24, 2.45) is 0 Å². The third-order valence-corrected chi connectivity index (χ3v) is 1.40. The smallest absolute Gasteiger partial charge is 0.0228 e. The van der Waals surface area contributed by atoms with Gasteiger partial charge in [0.25, 0.3) is 0 Å². The van der Waals surface area contributed by atoms with Crippen LogP contribution in [0, 0.1) is 0 Å². The first-order chi connectivity index (χ1) is 4.41. The molecule has 0 fully saturated rings. The minimum absolute atomic E-state index is 1.16. The summed E-state index contributed by atoms with van der Waals surface area (Å²) >= 11 is 3.15. The van der Waals surface area contributed by atoms with E-state index in [0.29, 0.717) is 0 Å². The molecule has 0 aliphatic rings. The maximum atomic E-state index is 3.15. The molecule has 0 atom stereocenters. The Hall–Kier alpha value is 0. The summed E-state index contributed by atoms with van der Waals surface area (Å²) in [5.41, 5.74) is 2.97. The molecule has 0 aromatic carbocycles. The summed E-state index contributed by atoms with van der Waals surface area (Å²) in [6, 6.07) is 0. The van der Waals surface area contributed by atoms with Gasteiger partial charge in [-0.05, 0) is 18.9 Å². The Labute approximate surface area is 65.8 Å². The van der Waals surface area contributed by atoms with E-state index in [1.54, 1.807) is 4.99 Å². The Morgan fingerprint density at radius 1 is 1.44 bits per heavy atom. The molecule has 0 radical (unpaired) electrons. The van der Waals surface area contributed by atoms with Gasteiger partial charge in [0.2, 0.25) is 0 Å². The Kier molecular flexibility index (Phi) is 8.00. The van der Waals surface area contributed by atoms with Crippen LogP contribution in [0.25, 0.3) is 0 Å². The fourth-order valence-corrected chi connectivity index (χ4v) is 0.811. The Morgan fingerprint density at radius 2 is 2.22 bits per heavy atom. The molecule has 0 aliphatic carbocycles. The van der Waals surface area contributed by atoms with Crippen molar-refractivity contribution in [1.29, 1.82) is 0 Å². The van der Waals surface area contributed by atoms with E-state index in [9.17, 15) is 0 Å². The second-order valence-electron chi connectivity index (χ2n) is 1.98. The highest BCUT2D eigenvalue weighted by atomic mass is 79.9. The molecule has 0 spiro atoms. The van der Waals surface area contributed by atoms with Crippen LogP contribution in [0.3, 0.4) is 0 Å². The van der Waals surface area contributed by atoms with Crippen LogP contribution in [-0.2, 0) is 0 Å². The third-order valence-electron chi connectivity index (χ3n) is 1.13. The molecule has 0 unspecified atom stereocenters. The highest BCUT2D eigenvalue weighted by molar-refractivity contribution is 9.11. The van der Waals surface area contributed by atoms with Crippen molar-refractivity contribution in [3.8, 4) is 0 Å². The van der Waals surface area contributed by atoms with Gasteiger partial charge in [-0.1, -0.05) is 35.7 Å². The molecule has 0 bridgehead atoms. The molecule has 0 nitrogen and oxygen atoms in total. The second-order valence-corrected chi connectivity index (χ2v) is 2.43. The summed E-state index contributed by atoms with van der Waals surface area (Å²) in [6.45, 7) is 2.21. The molecule has 0 saturated heterocycles. The Bertz CT molecular complexity index is 99.1. The summed E-state index contributed by atoms with van der Waals surface area (Å²) in [5, 5.41) is 0. The van der Waals surface area contributed by atoms with Gasteiger partial charge in [-0.2, -0.15) is 0 Å². The Morgan fingerprint density at radius 3 is 2.78 bits per heavy atom. The molecular weight excluding hydrogens is 176 g/mol. The normalized spacial score (nSPS) is 8.22. The molecule has 0 aliphatic heterocycles. The van der Waals surface area contributed by atoms with E-state index >= 15 is 0 Å². The molecule has 1 heteroatoms. The van der Waals surface area contributed by atoms with Crippen molar-refractivity contribution in [3.05, 3.63) is 16.8 Å². The van der Waals surface area contributed by atoms with Gasteiger partial charge in [-0.25, -0.2) is 0 Å². The molecule has 0 heterocycles. The van der Waals surface area contributed by atoms with E-state index in [-0.39, 0.29) is 0 Å². The van der Waals surface area contributed by atoms with Gasteiger partial charge < -0.3 is 0 Å². The lowest BCUT2D eigenvalue weighted by Gasteiger charge is -1.87. The van der Waals surface area contributed by atoms with Crippen LogP contribution in [0.1, 0.15) is 32.6 Å². The van der Waals surface area contributed by atoms with E-state index in [4.69, 9.17) is 0 Å². The summed E-state index contributed by atoms with van der Waals surface area (Å²) < 4.78 is 0. The number of hydrogen-bond donors (Lipinski definition) is 0. The van der Waals surface area contributed by atoms with Crippen LogP contribution in [0.15, 0.2) is 16.8 Å². The van der Waals surface area contributed by atoms with E-state index in [1.165, 1.54) is 19.3 Å². The van der Waals surface area contributed by atoms with Crippen LogP contribution in [0.2, 0.25) is 0 Å². The van der Waals surface area contributed by atoms with Gasteiger partial charge in [0.15, 0.2) is 0 Å².